The fraction of sp³-hybridized carbons (Fsp3) is 0.316. The molecule has 1 aliphatic rings. The molecule has 132 valence electrons. The quantitative estimate of drug-likeness (QED) is 0.907. The molecule has 0 amide bonds. The molecule has 0 radical (unpaired) electrons. The van der Waals surface area contributed by atoms with E-state index in [0.717, 1.165) is 11.6 Å². The first-order chi connectivity index (χ1) is 11.9. The van der Waals surface area contributed by atoms with E-state index in [1.165, 1.54) is 18.2 Å². The molecule has 2 aromatic carbocycles. The van der Waals surface area contributed by atoms with Crippen LogP contribution in [0.1, 0.15) is 22.6 Å². The number of carboxylic acids is 1. The Hall–Kier alpha value is -2.34. The van der Waals surface area contributed by atoms with Crippen molar-refractivity contribution in [3.05, 3.63) is 71.3 Å². The van der Waals surface area contributed by atoms with Gasteiger partial charge in [0.05, 0.1) is 11.5 Å². The zero-order valence-electron chi connectivity index (χ0n) is 13.4. The van der Waals surface area contributed by atoms with Crippen LogP contribution in [-0.2, 0) is 17.5 Å². The van der Waals surface area contributed by atoms with E-state index in [-0.39, 0.29) is 12.1 Å². The van der Waals surface area contributed by atoms with E-state index in [4.69, 9.17) is 0 Å². The van der Waals surface area contributed by atoms with Crippen molar-refractivity contribution in [3.8, 4) is 0 Å². The summed E-state index contributed by atoms with van der Waals surface area (Å²) < 4.78 is 39.9. The van der Waals surface area contributed by atoms with Gasteiger partial charge in [-0.15, -0.1) is 0 Å². The van der Waals surface area contributed by atoms with E-state index >= 15 is 0 Å². The predicted molar refractivity (Wildman–Crippen MR) is 87.0 cm³/mol. The molecule has 6 heteroatoms. The van der Waals surface area contributed by atoms with Gasteiger partial charge in [0.1, 0.15) is 0 Å². The second-order valence-electron chi connectivity index (χ2n) is 6.32. The Bertz CT molecular complexity index is 746. The Kier molecular flexibility index (Phi) is 4.81. The van der Waals surface area contributed by atoms with E-state index in [1.807, 2.05) is 35.2 Å². The Balaban J connectivity index is 1.89. The topological polar surface area (TPSA) is 40.5 Å². The SMILES string of the molecule is O=C(O)[C@H]1CN(Cc2ccccc2)C[C@H]1c1ccccc1C(F)(F)F. The molecule has 0 spiro atoms. The zero-order valence-corrected chi connectivity index (χ0v) is 13.4. The minimum Gasteiger partial charge on any atom is -0.481 e. The summed E-state index contributed by atoms with van der Waals surface area (Å²) in [6.07, 6.45) is -4.49. The van der Waals surface area contributed by atoms with Gasteiger partial charge in [-0.1, -0.05) is 48.5 Å². The van der Waals surface area contributed by atoms with Crippen LogP contribution < -0.4 is 0 Å². The van der Waals surface area contributed by atoms with Gasteiger partial charge in [-0.05, 0) is 17.2 Å². The van der Waals surface area contributed by atoms with Gasteiger partial charge in [0.25, 0.3) is 0 Å². The number of rotatable bonds is 4. The van der Waals surface area contributed by atoms with Gasteiger partial charge in [0.2, 0.25) is 0 Å². The summed E-state index contributed by atoms with van der Waals surface area (Å²) >= 11 is 0. The molecular weight excluding hydrogens is 331 g/mol. The van der Waals surface area contributed by atoms with E-state index in [2.05, 4.69) is 0 Å². The normalized spacial score (nSPS) is 21.4. The number of nitrogens with zero attached hydrogens (tertiary/aromatic N) is 1. The summed E-state index contributed by atoms with van der Waals surface area (Å²) in [4.78, 5) is 13.5. The standard InChI is InChI=1S/C19H18F3NO2/c20-19(21,22)17-9-5-4-8-14(17)15-11-23(12-16(15)18(24)25)10-13-6-2-1-3-7-13/h1-9,15-16H,10-12H2,(H,24,25)/t15-,16-/m0/s1. The van der Waals surface area contributed by atoms with Crippen molar-refractivity contribution in [2.75, 3.05) is 13.1 Å². The van der Waals surface area contributed by atoms with Gasteiger partial charge in [0, 0.05) is 25.6 Å². The molecule has 0 aliphatic carbocycles. The van der Waals surface area contributed by atoms with Crippen molar-refractivity contribution in [1.82, 2.24) is 4.90 Å². The van der Waals surface area contributed by atoms with Crippen LogP contribution in [0.5, 0.6) is 0 Å². The van der Waals surface area contributed by atoms with Gasteiger partial charge >= 0.3 is 12.1 Å². The number of alkyl halides is 3. The molecule has 0 saturated carbocycles. The highest BCUT2D eigenvalue weighted by atomic mass is 19.4. The molecule has 3 rings (SSSR count). The summed E-state index contributed by atoms with van der Waals surface area (Å²) in [5.74, 6) is -2.59. The molecule has 1 saturated heterocycles. The molecule has 1 fully saturated rings. The van der Waals surface area contributed by atoms with Crippen LogP contribution in [0.4, 0.5) is 13.2 Å². The van der Waals surface area contributed by atoms with Crippen molar-refractivity contribution < 1.29 is 23.1 Å². The fourth-order valence-corrected chi connectivity index (χ4v) is 3.50. The van der Waals surface area contributed by atoms with Gasteiger partial charge in [-0.2, -0.15) is 13.2 Å². The lowest BCUT2D eigenvalue weighted by Gasteiger charge is -2.20. The lowest BCUT2D eigenvalue weighted by molar-refractivity contribution is -0.143. The third-order valence-corrected chi connectivity index (χ3v) is 4.63. The van der Waals surface area contributed by atoms with Crippen LogP contribution >= 0.6 is 0 Å². The number of hydrogen-bond donors (Lipinski definition) is 1. The van der Waals surface area contributed by atoms with Crippen LogP contribution in [0.3, 0.4) is 0 Å². The monoisotopic (exact) mass is 349 g/mol. The second-order valence-corrected chi connectivity index (χ2v) is 6.32. The van der Waals surface area contributed by atoms with Gasteiger partial charge in [-0.25, -0.2) is 0 Å². The molecule has 2 aromatic rings. The van der Waals surface area contributed by atoms with Crippen molar-refractivity contribution in [1.29, 1.82) is 0 Å². The third kappa shape index (κ3) is 3.85. The molecule has 1 aliphatic heterocycles. The van der Waals surface area contributed by atoms with Crippen LogP contribution in [-0.4, -0.2) is 29.1 Å². The number of carboxylic acid groups (broad SMARTS) is 1. The summed E-state index contributed by atoms with van der Waals surface area (Å²) in [7, 11) is 0. The highest BCUT2D eigenvalue weighted by molar-refractivity contribution is 5.72. The predicted octanol–water partition coefficient (Wildman–Crippen LogP) is 4.01. The molecule has 2 atom stereocenters. The van der Waals surface area contributed by atoms with Crippen LogP contribution in [0.25, 0.3) is 0 Å². The number of likely N-dealkylation sites (tertiary alicyclic amines) is 1. The first-order valence-electron chi connectivity index (χ1n) is 8.01. The Morgan fingerprint density at radius 1 is 1.04 bits per heavy atom. The number of benzene rings is 2. The third-order valence-electron chi connectivity index (χ3n) is 4.63. The smallest absolute Gasteiger partial charge is 0.416 e. The van der Waals surface area contributed by atoms with E-state index < -0.39 is 29.5 Å². The summed E-state index contributed by atoms with van der Waals surface area (Å²) in [6, 6.07) is 14.8. The number of halogens is 3. The molecule has 1 N–H and O–H groups in total. The van der Waals surface area contributed by atoms with E-state index in [1.54, 1.807) is 0 Å². The van der Waals surface area contributed by atoms with E-state index in [0.29, 0.717) is 13.1 Å². The van der Waals surface area contributed by atoms with E-state index in [9.17, 15) is 23.1 Å². The lowest BCUT2D eigenvalue weighted by Crippen LogP contribution is -2.23. The number of carbonyl (C=O) groups is 1. The Morgan fingerprint density at radius 3 is 2.32 bits per heavy atom. The van der Waals surface area contributed by atoms with Crippen LogP contribution in [0, 0.1) is 5.92 Å². The minimum absolute atomic E-state index is 0.0676. The highest BCUT2D eigenvalue weighted by Crippen LogP contribution is 2.41. The second kappa shape index (κ2) is 6.88. The maximum atomic E-state index is 13.3. The highest BCUT2D eigenvalue weighted by Gasteiger charge is 2.43. The van der Waals surface area contributed by atoms with Crippen LogP contribution in [0.2, 0.25) is 0 Å². The molecule has 3 nitrogen and oxygen atoms in total. The summed E-state index contributed by atoms with van der Waals surface area (Å²) in [6.45, 7) is 1.05. The Morgan fingerprint density at radius 2 is 1.68 bits per heavy atom. The Labute approximate surface area is 143 Å². The minimum atomic E-state index is -4.49. The van der Waals surface area contributed by atoms with Crippen molar-refractivity contribution in [2.24, 2.45) is 5.92 Å². The largest absolute Gasteiger partial charge is 0.481 e. The van der Waals surface area contributed by atoms with Gasteiger partial charge in [-0.3, -0.25) is 9.69 Å². The summed E-state index contributed by atoms with van der Waals surface area (Å²) in [5.41, 5.74) is 0.335. The molecule has 0 aromatic heterocycles. The van der Waals surface area contributed by atoms with Gasteiger partial charge < -0.3 is 5.11 Å². The summed E-state index contributed by atoms with van der Waals surface area (Å²) in [5, 5.41) is 9.51. The van der Waals surface area contributed by atoms with Crippen molar-refractivity contribution in [3.63, 3.8) is 0 Å². The molecule has 0 bridgehead atoms. The number of aliphatic carboxylic acids is 1. The van der Waals surface area contributed by atoms with Gasteiger partial charge in [0.15, 0.2) is 0 Å². The fourth-order valence-electron chi connectivity index (χ4n) is 3.50. The van der Waals surface area contributed by atoms with Crippen LogP contribution in [0.15, 0.2) is 54.6 Å². The molecule has 25 heavy (non-hydrogen) atoms. The molecule has 0 unspecified atom stereocenters. The average Bonchev–Trinajstić information content (AvgIpc) is 2.99. The zero-order chi connectivity index (χ0) is 18.0. The average molecular weight is 349 g/mol. The van der Waals surface area contributed by atoms with Crippen molar-refractivity contribution in [2.45, 2.75) is 18.6 Å². The van der Waals surface area contributed by atoms with Crippen molar-refractivity contribution >= 4 is 5.97 Å². The maximum absolute atomic E-state index is 13.3. The molecular formula is C19H18F3NO2. The first kappa shape index (κ1) is 17.5. The maximum Gasteiger partial charge on any atom is 0.416 e. The number of hydrogen-bond acceptors (Lipinski definition) is 2. The lowest BCUT2D eigenvalue weighted by atomic mass is 9.86. The first-order valence-corrected chi connectivity index (χ1v) is 8.01. The molecule has 1 heterocycles.